The molecule has 0 aliphatic heterocycles. The van der Waals surface area contributed by atoms with E-state index in [9.17, 15) is 0 Å². The molecule has 0 saturated heterocycles. The molecule has 0 radical (unpaired) electrons. The van der Waals surface area contributed by atoms with E-state index in [1.807, 2.05) is 84.9 Å². The van der Waals surface area contributed by atoms with Crippen LogP contribution in [0, 0.1) is 0 Å². The number of hydrogen-bond donors (Lipinski definition) is 0. The molecule has 6 heterocycles. The fourth-order valence-corrected chi connectivity index (χ4v) is 7.81. The second kappa shape index (κ2) is 15.7. The summed E-state index contributed by atoms with van der Waals surface area (Å²) in [5, 5.41) is 4.17. The van der Waals surface area contributed by atoms with E-state index < -0.39 is 0 Å². The van der Waals surface area contributed by atoms with Crippen molar-refractivity contribution in [3.63, 3.8) is 0 Å². The van der Waals surface area contributed by atoms with Crippen LogP contribution in [-0.4, -0.2) is 44.1 Å². The van der Waals surface area contributed by atoms with Gasteiger partial charge in [-0.3, -0.25) is 19.9 Å². The third-order valence-corrected chi connectivity index (χ3v) is 10.7. The Morgan fingerprint density at radius 3 is 0.967 bits per heavy atom. The number of rotatable bonds is 9. The van der Waals surface area contributed by atoms with Gasteiger partial charge in [0.05, 0.1) is 59.8 Å². The first-order chi connectivity index (χ1) is 29.6. The zero-order valence-electron chi connectivity index (χ0n) is 32.8. The lowest BCUT2D eigenvalue weighted by molar-refractivity contribution is 0.411. The molecule has 10 rings (SSSR count). The Labute approximate surface area is 346 Å². The third kappa shape index (κ3) is 6.86. The Hall–Kier alpha value is -8.10. The highest BCUT2D eigenvalue weighted by molar-refractivity contribution is 6.11. The fraction of sp³-hybridized carbons (Fsp3) is 0.0385. The minimum Gasteiger partial charge on any atom is -0.496 e. The van der Waals surface area contributed by atoms with Crippen LogP contribution in [0.4, 0.5) is 0 Å². The normalized spacial score (nSPS) is 11.2. The minimum atomic E-state index is 0.748. The number of aromatic nitrogens is 6. The molecule has 10 aromatic rings. The molecule has 0 spiro atoms. The molecule has 8 nitrogen and oxygen atoms in total. The van der Waals surface area contributed by atoms with Gasteiger partial charge in [0.25, 0.3) is 0 Å². The summed E-state index contributed by atoms with van der Waals surface area (Å²) in [4.78, 5) is 28.4. The SMILES string of the molecule is COc1ccc2cc(-c3cc(-c4ccccn4)nc(-c4ccccn4)c3)ccc2c1-c1c(OC)ccc2cc(-c3cc(-c4ccccn4)nc(-c4ccccn4)c3)ccc12. The summed E-state index contributed by atoms with van der Waals surface area (Å²) in [6, 6.07) is 53.2. The number of hydrogen-bond acceptors (Lipinski definition) is 8. The first-order valence-electron chi connectivity index (χ1n) is 19.6. The van der Waals surface area contributed by atoms with Gasteiger partial charge in [-0.15, -0.1) is 0 Å². The van der Waals surface area contributed by atoms with Gasteiger partial charge < -0.3 is 9.47 Å². The van der Waals surface area contributed by atoms with E-state index in [1.165, 1.54) is 0 Å². The van der Waals surface area contributed by atoms with Crippen molar-refractivity contribution in [2.45, 2.75) is 0 Å². The molecule has 0 saturated carbocycles. The fourth-order valence-electron chi connectivity index (χ4n) is 7.81. The van der Waals surface area contributed by atoms with Crippen LogP contribution < -0.4 is 9.47 Å². The first kappa shape index (κ1) is 36.3. The molecule has 0 fully saturated rings. The van der Waals surface area contributed by atoms with Crippen molar-refractivity contribution in [1.82, 2.24) is 29.9 Å². The van der Waals surface area contributed by atoms with Crippen molar-refractivity contribution in [2.75, 3.05) is 14.2 Å². The topological polar surface area (TPSA) is 95.8 Å². The maximum atomic E-state index is 6.11. The van der Waals surface area contributed by atoms with Crippen LogP contribution in [0.5, 0.6) is 11.5 Å². The van der Waals surface area contributed by atoms with Gasteiger partial charge >= 0.3 is 0 Å². The highest BCUT2D eigenvalue weighted by Gasteiger charge is 2.20. The molecule has 286 valence electrons. The largest absolute Gasteiger partial charge is 0.496 e. The Bertz CT molecular complexity index is 2830. The number of benzene rings is 4. The van der Waals surface area contributed by atoms with E-state index >= 15 is 0 Å². The van der Waals surface area contributed by atoms with Crippen LogP contribution in [0.3, 0.4) is 0 Å². The number of fused-ring (bicyclic) bond motifs is 2. The van der Waals surface area contributed by atoms with E-state index in [0.29, 0.717) is 0 Å². The monoisotopic (exact) mass is 776 g/mol. The van der Waals surface area contributed by atoms with Crippen molar-refractivity contribution in [3.05, 3.63) is 183 Å². The van der Waals surface area contributed by atoms with Crippen LogP contribution >= 0.6 is 0 Å². The second-order valence-corrected chi connectivity index (χ2v) is 14.3. The van der Waals surface area contributed by atoms with E-state index in [4.69, 9.17) is 19.4 Å². The maximum Gasteiger partial charge on any atom is 0.127 e. The highest BCUT2D eigenvalue weighted by Crippen LogP contribution is 2.47. The van der Waals surface area contributed by atoms with Crippen molar-refractivity contribution < 1.29 is 9.47 Å². The van der Waals surface area contributed by atoms with Crippen LogP contribution in [0.15, 0.2) is 183 Å². The van der Waals surface area contributed by atoms with Crippen LogP contribution in [0.2, 0.25) is 0 Å². The lowest BCUT2D eigenvalue weighted by atomic mass is 9.89. The third-order valence-electron chi connectivity index (χ3n) is 10.7. The molecule has 0 amide bonds. The number of nitrogens with zero attached hydrogens (tertiary/aromatic N) is 6. The molecule has 0 bridgehead atoms. The first-order valence-corrected chi connectivity index (χ1v) is 19.6. The Balaban J connectivity index is 1.11. The van der Waals surface area contributed by atoms with Gasteiger partial charge in [-0.25, -0.2) is 9.97 Å². The smallest absolute Gasteiger partial charge is 0.127 e. The number of methoxy groups -OCH3 is 2. The average Bonchev–Trinajstić information content (AvgIpc) is 3.33. The van der Waals surface area contributed by atoms with Gasteiger partial charge in [0.15, 0.2) is 0 Å². The van der Waals surface area contributed by atoms with Gasteiger partial charge in [-0.2, -0.15) is 0 Å². The Morgan fingerprint density at radius 2 is 0.667 bits per heavy atom. The highest BCUT2D eigenvalue weighted by atomic mass is 16.5. The molecule has 6 aromatic heterocycles. The molecule has 8 heteroatoms. The molecule has 0 aliphatic carbocycles. The molecule has 0 unspecified atom stereocenters. The average molecular weight is 777 g/mol. The molecular weight excluding hydrogens is 741 g/mol. The molecule has 0 N–H and O–H groups in total. The van der Waals surface area contributed by atoms with E-state index in [1.54, 1.807) is 39.0 Å². The zero-order valence-corrected chi connectivity index (χ0v) is 32.8. The summed E-state index contributed by atoms with van der Waals surface area (Å²) in [5.41, 5.74) is 12.3. The van der Waals surface area contributed by atoms with Gasteiger partial charge in [0.1, 0.15) is 11.5 Å². The van der Waals surface area contributed by atoms with E-state index in [0.717, 1.165) is 112 Å². The summed E-state index contributed by atoms with van der Waals surface area (Å²) in [7, 11) is 3.43. The van der Waals surface area contributed by atoms with Crippen molar-refractivity contribution in [1.29, 1.82) is 0 Å². The summed E-state index contributed by atoms with van der Waals surface area (Å²) >= 11 is 0. The van der Waals surface area contributed by atoms with Crippen LogP contribution in [0.1, 0.15) is 0 Å². The lowest BCUT2D eigenvalue weighted by Gasteiger charge is -2.19. The molecule has 4 aromatic carbocycles. The number of ether oxygens (including phenoxy) is 2. The summed E-state index contributed by atoms with van der Waals surface area (Å²) in [6.45, 7) is 0. The summed E-state index contributed by atoms with van der Waals surface area (Å²) < 4.78 is 12.2. The van der Waals surface area contributed by atoms with Crippen molar-refractivity contribution >= 4 is 21.5 Å². The standard InChI is InChI=1S/C52H36N6O2/c1-59-49-21-17-35-27-33(37-29-45(41-11-3-7-23-53-41)57-46(30-37)42-12-4-8-24-54-42)15-19-39(35)51(49)52-40-20-16-34(28-36(40)18-22-50(52)60-2)38-31-47(43-13-5-9-25-55-43)58-48(32-38)44-14-6-10-26-56-44/h3-32H,1-2H3. The number of pyridine rings is 6. The van der Waals surface area contributed by atoms with Crippen LogP contribution in [0.25, 0.3) is 100 Å². The molecular formula is C52H36N6O2. The molecule has 60 heavy (non-hydrogen) atoms. The predicted molar refractivity (Wildman–Crippen MR) is 239 cm³/mol. The van der Waals surface area contributed by atoms with Gasteiger partial charge in [-0.05, 0) is 141 Å². The Morgan fingerprint density at radius 1 is 0.317 bits per heavy atom. The molecule has 0 atom stereocenters. The van der Waals surface area contributed by atoms with Crippen molar-refractivity contribution in [3.8, 4) is 90.4 Å². The van der Waals surface area contributed by atoms with E-state index in [-0.39, 0.29) is 0 Å². The molecule has 0 aliphatic rings. The van der Waals surface area contributed by atoms with Gasteiger partial charge in [0.2, 0.25) is 0 Å². The lowest BCUT2D eigenvalue weighted by Crippen LogP contribution is -1.96. The van der Waals surface area contributed by atoms with E-state index in [2.05, 4.69) is 92.7 Å². The van der Waals surface area contributed by atoms with Crippen molar-refractivity contribution in [2.24, 2.45) is 0 Å². The quantitative estimate of drug-likeness (QED) is 0.143. The predicted octanol–water partition coefficient (Wildman–Crippen LogP) is 12.0. The minimum absolute atomic E-state index is 0.748. The summed E-state index contributed by atoms with van der Waals surface area (Å²) in [6.07, 6.45) is 7.15. The van der Waals surface area contributed by atoms with Crippen LogP contribution in [-0.2, 0) is 0 Å². The van der Waals surface area contributed by atoms with Gasteiger partial charge in [-0.1, -0.05) is 60.7 Å². The Kier molecular flexibility index (Phi) is 9.48. The second-order valence-electron chi connectivity index (χ2n) is 14.3. The maximum absolute atomic E-state index is 6.11. The van der Waals surface area contributed by atoms with Gasteiger partial charge in [0, 0.05) is 35.9 Å². The summed E-state index contributed by atoms with van der Waals surface area (Å²) in [5.74, 6) is 1.50. The zero-order chi connectivity index (χ0) is 40.4.